The fourth-order valence-corrected chi connectivity index (χ4v) is 3.19. The fraction of sp³-hybridized carbons (Fsp3) is 0.304. The first-order chi connectivity index (χ1) is 15.9. The minimum atomic E-state index is -3.03. The minimum absolute atomic E-state index is 0.128. The monoisotopic (exact) mass is 461 g/mol. The predicted molar refractivity (Wildman–Crippen MR) is 120 cm³/mol. The van der Waals surface area contributed by atoms with Crippen molar-refractivity contribution >= 4 is 29.3 Å². The van der Waals surface area contributed by atoms with Gasteiger partial charge in [0, 0.05) is 36.1 Å². The van der Waals surface area contributed by atoms with Gasteiger partial charge in [-0.1, -0.05) is 12.1 Å². The van der Waals surface area contributed by atoms with Gasteiger partial charge in [0.2, 0.25) is 11.8 Å². The van der Waals surface area contributed by atoms with Gasteiger partial charge in [0.1, 0.15) is 0 Å². The van der Waals surface area contributed by atoms with Gasteiger partial charge in [0.05, 0.1) is 26.9 Å². The Kier molecular flexibility index (Phi) is 8.73. The molecule has 1 fully saturated rings. The second-order valence-corrected chi connectivity index (χ2v) is 7.09. The number of nitrogens with one attached hydrogen (secondary N) is 2. The molecule has 33 heavy (non-hydrogen) atoms. The predicted octanol–water partition coefficient (Wildman–Crippen LogP) is 3.22. The lowest BCUT2D eigenvalue weighted by atomic mass is 10.1. The third-order valence-electron chi connectivity index (χ3n) is 4.76. The van der Waals surface area contributed by atoms with Crippen LogP contribution in [-0.2, 0) is 14.3 Å². The molecule has 0 bridgehead atoms. The highest BCUT2D eigenvalue weighted by Crippen LogP contribution is 2.33. The van der Waals surface area contributed by atoms with Gasteiger partial charge in [-0.25, -0.2) is 0 Å². The van der Waals surface area contributed by atoms with Crippen LogP contribution in [0.25, 0.3) is 6.08 Å². The first-order valence-corrected chi connectivity index (χ1v) is 10.3. The van der Waals surface area contributed by atoms with E-state index in [0.29, 0.717) is 24.6 Å². The molecule has 3 rings (SSSR count). The highest BCUT2D eigenvalue weighted by atomic mass is 19.3. The highest BCUT2D eigenvalue weighted by molar-refractivity contribution is 6.02. The van der Waals surface area contributed by atoms with Gasteiger partial charge in [0.25, 0.3) is 0 Å². The van der Waals surface area contributed by atoms with Crippen molar-refractivity contribution in [2.24, 2.45) is 0 Å². The number of carbonyl (C=O) groups is 2. The maximum absolute atomic E-state index is 12.7. The van der Waals surface area contributed by atoms with Crippen molar-refractivity contribution < 1.29 is 32.6 Å². The van der Waals surface area contributed by atoms with E-state index in [-0.39, 0.29) is 29.5 Å². The molecule has 2 aromatic carbocycles. The van der Waals surface area contributed by atoms with E-state index in [1.807, 2.05) is 4.90 Å². The van der Waals surface area contributed by atoms with Gasteiger partial charge in [-0.15, -0.1) is 0 Å². The Balaban J connectivity index is 1.55. The lowest BCUT2D eigenvalue weighted by molar-refractivity contribution is -0.118. The Hall–Kier alpha value is -3.50. The molecule has 0 saturated carbocycles. The smallest absolute Gasteiger partial charge is 0.387 e. The normalized spacial score (nSPS) is 14.3. The van der Waals surface area contributed by atoms with E-state index in [0.717, 1.165) is 13.1 Å². The van der Waals surface area contributed by atoms with Crippen molar-refractivity contribution in [3.05, 3.63) is 54.1 Å². The SMILES string of the molecule is COc1cccc(/C=C/C(=O)Nc2ccc(NC(=O)CN3CCOCC3)cc2)c1OC(F)F. The molecular formula is C23H25F2N3O5. The molecule has 176 valence electrons. The Morgan fingerprint density at radius 2 is 1.76 bits per heavy atom. The number of alkyl halides is 2. The van der Waals surface area contributed by atoms with Gasteiger partial charge in [-0.05, 0) is 36.4 Å². The molecule has 1 aliphatic rings. The zero-order valence-electron chi connectivity index (χ0n) is 18.1. The number of amides is 2. The molecule has 2 aromatic rings. The second kappa shape index (κ2) is 11.9. The number of carbonyl (C=O) groups excluding carboxylic acids is 2. The van der Waals surface area contributed by atoms with Crippen LogP contribution in [0.2, 0.25) is 0 Å². The summed E-state index contributed by atoms with van der Waals surface area (Å²) in [5.74, 6) is -0.623. The van der Waals surface area contributed by atoms with Gasteiger partial charge in [0.15, 0.2) is 11.5 Å². The fourth-order valence-electron chi connectivity index (χ4n) is 3.19. The molecule has 0 unspecified atom stereocenters. The van der Waals surface area contributed by atoms with Crippen LogP contribution in [0, 0.1) is 0 Å². The van der Waals surface area contributed by atoms with Crippen LogP contribution in [0.3, 0.4) is 0 Å². The van der Waals surface area contributed by atoms with E-state index in [9.17, 15) is 18.4 Å². The van der Waals surface area contributed by atoms with E-state index in [1.165, 1.54) is 31.4 Å². The highest BCUT2D eigenvalue weighted by Gasteiger charge is 2.15. The number of nitrogens with zero attached hydrogens (tertiary/aromatic N) is 1. The third-order valence-corrected chi connectivity index (χ3v) is 4.76. The standard InChI is InChI=1S/C23H25F2N3O5/c1-31-19-4-2-3-16(22(19)33-23(24)25)5-10-20(29)26-17-6-8-18(9-7-17)27-21(30)15-28-11-13-32-14-12-28/h2-10,23H,11-15H2,1H3,(H,26,29)(H,27,30)/b10-5+. The maximum Gasteiger partial charge on any atom is 0.387 e. The minimum Gasteiger partial charge on any atom is -0.493 e. The molecule has 10 heteroatoms. The number of methoxy groups -OCH3 is 1. The van der Waals surface area contributed by atoms with Crippen molar-refractivity contribution in [1.82, 2.24) is 4.90 Å². The summed E-state index contributed by atoms with van der Waals surface area (Å²) in [7, 11) is 1.34. The summed E-state index contributed by atoms with van der Waals surface area (Å²) in [4.78, 5) is 26.4. The van der Waals surface area contributed by atoms with Crippen molar-refractivity contribution in [3.8, 4) is 11.5 Å². The number of hydrogen-bond donors (Lipinski definition) is 2. The third kappa shape index (κ3) is 7.55. The maximum atomic E-state index is 12.7. The molecule has 0 atom stereocenters. The summed E-state index contributed by atoms with van der Waals surface area (Å²) in [6, 6.07) is 11.2. The number of anilines is 2. The van der Waals surface area contributed by atoms with Gasteiger partial charge < -0.3 is 24.8 Å². The van der Waals surface area contributed by atoms with Crippen molar-refractivity contribution in [3.63, 3.8) is 0 Å². The zero-order chi connectivity index (χ0) is 23.6. The average Bonchev–Trinajstić information content (AvgIpc) is 2.80. The largest absolute Gasteiger partial charge is 0.493 e. The summed E-state index contributed by atoms with van der Waals surface area (Å²) in [5.41, 5.74) is 1.38. The molecule has 8 nitrogen and oxygen atoms in total. The number of ether oxygens (including phenoxy) is 3. The summed E-state index contributed by atoms with van der Waals surface area (Å²) in [5, 5.41) is 5.48. The van der Waals surface area contributed by atoms with Crippen LogP contribution < -0.4 is 20.1 Å². The summed E-state index contributed by atoms with van der Waals surface area (Å²) in [6.07, 6.45) is 2.56. The van der Waals surface area contributed by atoms with Gasteiger partial charge in [-0.2, -0.15) is 8.78 Å². The first-order valence-electron chi connectivity index (χ1n) is 10.3. The number of halogens is 2. The molecule has 0 spiro atoms. The van der Waals surface area contributed by atoms with Gasteiger partial charge >= 0.3 is 6.61 Å². The van der Waals surface area contributed by atoms with E-state index >= 15 is 0 Å². The first kappa shape index (κ1) is 24.1. The number of rotatable bonds is 9. The summed E-state index contributed by atoms with van der Waals surface area (Å²) >= 11 is 0. The van der Waals surface area contributed by atoms with Crippen LogP contribution in [0.4, 0.5) is 20.2 Å². The Labute approximate surface area is 190 Å². The summed E-state index contributed by atoms with van der Waals surface area (Å²) in [6.45, 7) is -0.0680. The van der Waals surface area contributed by atoms with Crippen molar-refractivity contribution in [1.29, 1.82) is 0 Å². The van der Waals surface area contributed by atoms with E-state index in [1.54, 1.807) is 30.3 Å². The van der Waals surface area contributed by atoms with E-state index in [2.05, 4.69) is 15.4 Å². The van der Waals surface area contributed by atoms with Crippen LogP contribution >= 0.6 is 0 Å². The molecule has 2 N–H and O–H groups in total. The van der Waals surface area contributed by atoms with E-state index < -0.39 is 12.5 Å². The molecular weight excluding hydrogens is 436 g/mol. The van der Waals surface area contributed by atoms with Crippen LogP contribution in [0.1, 0.15) is 5.56 Å². The molecule has 0 aromatic heterocycles. The Morgan fingerprint density at radius 1 is 1.09 bits per heavy atom. The molecule has 0 radical (unpaired) electrons. The molecule has 1 saturated heterocycles. The Bertz CT molecular complexity index is 977. The second-order valence-electron chi connectivity index (χ2n) is 7.09. The van der Waals surface area contributed by atoms with Gasteiger partial charge in [-0.3, -0.25) is 14.5 Å². The molecule has 2 amide bonds. The lowest BCUT2D eigenvalue weighted by Crippen LogP contribution is -2.41. The topological polar surface area (TPSA) is 89.1 Å². The molecule has 1 aliphatic heterocycles. The van der Waals surface area contributed by atoms with Crippen molar-refractivity contribution in [2.45, 2.75) is 6.61 Å². The number of hydrogen-bond acceptors (Lipinski definition) is 6. The summed E-state index contributed by atoms with van der Waals surface area (Å²) < 4.78 is 40.3. The molecule has 1 heterocycles. The number of benzene rings is 2. The van der Waals surface area contributed by atoms with Crippen LogP contribution in [-0.4, -0.2) is 63.3 Å². The van der Waals surface area contributed by atoms with Crippen LogP contribution in [0.15, 0.2) is 48.5 Å². The van der Waals surface area contributed by atoms with E-state index in [4.69, 9.17) is 9.47 Å². The average molecular weight is 461 g/mol. The number of morpholine rings is 1. The zero-order valence-corrected chi connectivity index (χ0v) is 18.1. The Morgan fingerprint density at radius 3 is 2.39 bits per heavy atom. The van der Waals surface area contributed by atoms with Crippen molar-refractivity contribution in [2.75, 3.05) is 50.6 Å². The lowest BCUT2D eigenvalue weighted by Gasteiger charge is -2.25. The number of para-hydroxylation sites is 1. The molecule has 0 aliphatic carbocycles. The van der Waals surface area contributed by atoms with Crippen LogP contribution in [0.5, 0.6) is 11.5 Å². The quantitative estimate of drug-likeness (QED) is 0.558.